The van der Waals surface area contributed by atoms with Gasteiger partial charge in [-0.1, -0.05) is 0 Å². The van der Waals surface area contributed by atoms with Crippen molar-refractivity contribution in [2.24, 2.45) is 0 Å². The average molecular weight is 266 g/mol. The summed E-state index contributed by atoms with van der Waals surface area (Å²) in [7, 11) is 2.08. The van der Waals surface area contributed by atoms with Gasteiger partial charge in [0.25, 0.3) is 0 Å². The van der Waals surface area contributed by atoms with Gasteiger partial charge in [0, 0.05) is 19.6 Å². The molecule has 1 aliphatic rings. The molecular weight excluding hydrogens is 242 g/mol. The summed E-state index contributed by atoms with van der Waals surface area (Å²) >= 11 is 0. The van der Waals surface area contributed by atoms with Gasteiger partial charge in [-0.15, -0.1) is 12.4 Å². The molecule has 0 saturated carbocycles. The lowest BCUT2D eigenvalue weighted by Gasteiger charge is -2.27. The van der Waals surface area contributed by atoms with Crippen molar-refractivity contribution >= 4 is 18.4 Å². The number of halogens is 1. The number of unbranched alkanes of at least 4 members (excludes halogenated alkanes) is 1. The summed E-state index contributed by atoms with van der Waals surface area (Å²) in [6.07, 6.45) is 6.03. The maximum atomic E-state index is 10.3. The van der Waals surface area contributed by atoms with Crippen LogP contribution in [0.3, 0.4) is 0 Å². The van der Waals surface area contributed by atoms with Gasteiger partial charge >= 0.3 is 5.97 Å². The van der Waals surface area contributed by atoms with Crippen molar-refractivity contribution in [2.75, 3.05) is 26.7 Å². The van der Waals surface area contributed by atoms with Crippen molar-refractivity contribution in [3.05, 3.63) is 0 Å². The molecular formula is C12H24ClNO3. The van der Waals surface area contributed by atoms with Crippen LogP contribution in [0.5, 0.6) is 0 Å². The largest absolute Gasteiger partial charge is 0.481 e. The smallest absolute Gasteiger partial charge is 0.303 e. The number of carbonyl (C=O) groups is 1. The van der Waals surface area contributed by atoms with E-state index in [1.54, 1.807) is 0 Å². The van der Waals surface area contributed by atoms with Gasteiger partial charge in [-0.3, -0.25) is 4.79 Å². The Hall–Kier alpha value is -0.320. The van der Waals surface area contributed by atoms with Crippen molar-refractivity contribution in [3.8, 4) is 0 Å². The molecule has 0 aliphatic carbocycles. The van der Waals surface area contributed by atoms with E-state index in [0.717, 1.165) is 32.5 Å². The number of carboxylic acid groups (broad SMARTS) is 1. The fourth-order valence-corrected chi connectivity index (χ4v) is 2.05. The van der Waals surface area contributed by atoms with Gasteiger partial charge in [-0.2, -0.15) is 0 Å². The second-order valence-corrected chi connectivity index (χ2v) is 4.60. The van der Waals surface area contributed by atoms with Gasteiger partial charge in [0.2, 0.25) is 0 Å². The molecule has 0 aromatic rings. The zero-order valence-corrected chi connectivity index (χ0v) is 11.4. The first-order valence-electron chi connectivity index (χ1n) is 6.20. The third-order valence-electron chi connectivity index (χ3n) is 2.97. The fourth-order valence-electron chi connectivity index (χ4n) is 2.05. The van der Waals surface area contributed by atoms with Crippen molar-refractivity contribution in [1.82, 2.24) is 4.90 Å². The van der Waals surface area contributed by atoms with Crippen LogP contribution in [0.2, 0.25) is 0 Å². The molecule has 0 aromatic heterocycles. The number of carboxylic acids is 1. The number of hydrogen-bond acceptors (Lipinski definition) is 3. The van der Waals surface area contributed by atoms with Crippen molar-refractivity contribution in [1.29, 1.82) is 0 Å². The Bertz CT molecular complexity index is 208. The van der Waals surface area contributed by atoms with Gasteiger partial charge in [0.15, 0.2) is 0 Å². The van der Waals surface area contributed by atoms with E-state index in [1.807, 2.05) is 0 Å². The van der Waals surface area contributed by atoms with Gasteiger partial charge < -0.3 is 14.7 Å². The second kappa shape index (κ2) is 9.68. The summed E-state index contributed by atoms with van der Waals surface area (Å²) in [6, 6.07) is 0. The maximum absolute atomic E-state index is 10.3. The van der Waals surface area contributed by atoms with E-state index in [-0.39, 0.29) is 18.8 Å². The predicted molar refractivity (Wildman–Crippen MR) is 69.8 cm³/mol. The molecule has 0 amide bonds. The van der Waals surface area contributed by atoms with Gasteiger partial charge in [-0.25, -0.2) is 0 Å². The number of rotatable bonds is 7. The number of aliphatic carboxylic acids is 1. The quantitative estimate of drug-likeness (QED) is 0.717. The van der Waals surface area contributed by atoms with Crippen LogP contribution < -0.4 is 0 Å². The van der Waals surface area contributed by atoms with Crippen LogP contribution in [-0.2, 0) is 9.53 Å². The van der Waals surface area contributed by atoms with E-state index in [0.29, 0.717) is 6.10 Å². The monoisotopic (exact) mass is 265 g/mol. The normalized spacial score (nSPS) is 20.0. The minimum atomic E-state index is -0.696. The average Bonchev–Trinajstić information content (AvgIpc) is 2.25. The molecule has 0 spiro atoms. The number of ether oxygens (including phenoxy) is 1. The molecule has 1 N–H and O–H groups in total. The summed E-state index contributed by atoms with van der Waals surface area (Å²) < 4.78 is 5.66. The molecule has 102 valence electrons. The Morgan fingerprint density at radius 2 is 2.18 bits per heavy atom. The van der Waals surface area contributed by atoms with Crippen LogP contribution in [0, 0.1) is 0 Å². The van der Waals surface area contributed by atoms with Crippen molar-refractivity contribution in [3.63, 3.8) is 0 Å². The zero-order valence-electron chi connectivity index (χ0n) is 10.6. The van der Waals surface area contributed by atoms with E-state index in [1.165, 1.54) is 19.3 Å². The third kappa shape index (κ3) is 8.41. The summed E-state index contributed by atoms with van der Waals surface area (Å²) in [5.41, 5.74) is 0. The Labute approximate surface area is 110 Å². The Kier molecular flexibility index (Phi) is 9.50. The summed E-state index contributed by atoms with van der Waals surface area (Å²) in [4.78, 5) is 12.6. The summed E-state index contributed by atoms with van der Waals surface area (Å²) in [5, 5.41) is 8.51. The van der Waals surface area contributed by atoms with Crippen LogP contribution in [0.1, 0.15) is 38.5 Å². The highest BCUT2D eigenvalue weighted by atomic mass is 35.5. The van der Waals surface area contributed by atoms with Crippen molar-refractivity contribution < 1.29 is 14.6 Å². The molecule has 4 nitrogen and oxygen atoms in total. The fraction of sp³-hybridized carbons (Fsp3) is 0.917. The maximum Gasteiger partial charge on any atom is 0.303 e. The van der Waals surface area contributed by atoms with Gasteiger partial charge in [0.1, 0.15) is 0 Å². The first-order valence-corrected chi connectivity index (χ1v) is 6.20. The summed E-state index contributed by atoms with van der Waals surface area (Å²) in [6.45, 7) is 2.84. The minimum Gasteiger partial charge on any atom is -0.481 e. The second-order valence-electron chi connectivity index (χ2n) is 4.60. The molecule has 1 heterocycles. The Balaban J connectivity index is 0.00000256. The third-order valence-corrected chi connectivity index (χ3v) is 2.97. The van der Waals surface area contributed by atoms with E-state index in [2.05, 4.69) is 11.9 Å². The van der Waals surface area contributed by atoms with E-state index in [4.69, 9.17) is 9.84 Å². The molecule has 17 heavy (non-hydrogen) atoms. The standard InChI is InChI=1S/C12H23NO3.ClH/c1-13(8-4-2-7-12(14)15)10-11-6-3-5-9-16-11;/h11H,2-10H2,1H3,(H,14,15);1H. The Morgan fingerprint density at radius 3 is 2.76 bits per heavy atom. The minimum absolute atomic E-state index is 0. The zero-order chi connectivity index (χ0) is 11.8. The molecule has 0 aromatic carbocycles. The lowest BCUT2D eigenvalue weighted by Crippen LogP contribution is -2.33. The van der Waals surface area contributed by atoms with Crippen LogP contribution >= 0.6 is 12.4 Å². The molecule has 0 bridgehead atoms. The summed E-state index contributed by atoms with van der Waals surface area (Å²) in [5.74, 6) is -0.696. The SMILES string of the molecule is CN(CCCCC(=O)O)CC1CCCCO1.Cl. The molecule has 5 heteroatoms. The van der Waals surface area contributed by atoms with Crippen molar-refractivity contribution in [2.45, 2.75) is 44.6 Å². The topological polar surface area (TPSA) is 49.8 Å². The van der Waals surface area contributed by atoms with Gasteiger partial charge in [0.05, 0.1) is 6.10 Å². The van der Waals surface area contributed by atoms with Crippen LogP contribution in [0.25, 0.3) is 0 Å². The van der Waals surface area contributed by atoms with Crippen LogP contribution in [0.15, 0.2) is 0 Å². The van der Waals surface area contributed by atoms with Gasteiger partial charge in [-0.05, 0) is 45.7 Å². The highest BCUT2D eigenvalue weighted by Crippen LogP contribution is 2.13. The van der Waals surface area contributed by atoms with Crippen LogP contribution in [-0.4, -0.2) is 48.8 Å². The highest BCUT2D eigenvalue weighted by molar-refractivity contribution is 5.85. The lowest BCUT2D eigenvalue weighted by molar-refractivity contribution is -0.137. The van der Waals surface area contributed by atoms with E-state index >= 15 is 0 Å². The molecule has 1 rings (SSSR count). The number of nitrogens with zero attached hydrogens (tertiary/aromatic N) is 1. The number of hydrogen-bond donors (Lipinski definition) is 1. The molecule has 0 radical (unpaired) electrons. The lowest BCUT2D eigenvalue weighted by atomic mass is 10.1. The molecule has 1 saturated heterocycles. The molecule has 1 unspecified atom stereocenters. The first-order chi connectivity index (χ1) is 7.68. The molecule has 1 fully saturated rings. The molecule has 1 aliphatic heterocycles. The van der Waals surface area contributed by atoms with Crippen LogP contribution in [0.4, 0.5) is 0 Å². The Morgan fingerprint density at radius 1 is 1.41 bits per heavy atom. The first kappa shape index (κ1) is 16.7. The highest BCUT2D eigenvalue weighted by Gasteiger charge is 2.15. The molecule has 1 atom stereocenters. The predicted octanol–water partition coefficient (Wildman–Crippen LogP) is 2.16. The van der Waals surface area contributed by atoms with E-state index in [9.17, 15) is 4.79 Å². The van der Waals surface area contributed by atoms with E-state index < -0.39 is 5.97 Å². The number of likely N-dealkylation sites (N-methyl/N-ethyl adjacent to an activating group) is 1.